The maximum Gasteiger partial charge on any atom is 0.309 e. The fourth-order valence-electron chi connectivity index (χ4n) is 13.4. The standard InChI is InChI=1S/C30H46O4.C17H26N2O/c1-25(2)21-8-11-30(7)23(28(21,5)10-9-22(25)32)20(31)16-18-19-17-27(4,24(33)34)13-12-26(19,3)14-15-29(18,30)6;1-4-11-19-12-6-5-10-15(19)17(20)18-16-13(2)8-7-9-14(16)3/h16,19,21-23,32H,8-15,17H2,1-7H3,(H,33,34);7-9,15H,4-6,10-12H2,1-3H3,(H,18,20)/t19-,21-,22-,23+,26+,27-,28-,29+,30+;15-/m00/s1. The molecule has 5 fully saturated rings. The Hall–Kier alpha value is -2.51. The van der Waals surface area contributed by atoms with Crippen LogP contribution in [-0.2, 0) is 14.4 Å². The van der Waals surface area contributed by atoms with E-state index in [4.69, 9.17) is 0 Å². The van der Waals surface area contributed by atoms with Crippen molar-refractivity contribution in [2.75, 3.05) is 18.4 Å². The van der Waals surface area contributed by atoms with Gasteiger partial charge in [0.2, 0.25) is 5.91 Å². The van der Waals surface area contributed by atoms with Gasteiger partial charge in [-0.05, 0) is 167 Å². The molecule has 4 saturated carbocycles. The summed E-state index contributed by atoms with van der Waals surface area (Å²) >= 11 is 0. The molecule has 0 radical (unpaired) electrons. The predicted molar refractivity (Wildman–Crippen MR) is 217 cm³/mol. The number of piperidine rings is 1. The Morgan fingerprint density at radius 1 is 0.889 bits per heavy atom. The molecule has 0 spiro atoms. The second kappa shape index (κ2) is 14.5. The van der Waals surface area contributed by atoms with Gasteiger partial charge in [0.05, 0.1) is 17.6 Å². The first-order valence-electron chi connectivity index (χ1n) is 21.5. The number of carboxylic acid groups (broad SMARTS) is 1. The molecule has 1 aliphatic heterocycles. The van der Waals surface area contributed by atoms with E-state index in [0.717, 1.165) is 101 Å². The molecule has 0 aromatic heterocycles. The smallest absolute Gasteiger partial charge is 0.309 e. The minimum Gasteiger partial charge on any atom is -0.481 e. The van der Waals surface area contributed by atoms with Gasteiger partial charge in [0.15, 0.2) is 5.78 Å². The number of carbonyl (C=O) groups excluding carboxylic acids is 2. The van der Waals surface area contributed by atoms with Crippen molar-refractivity contribution in [1.82, 2.24) is 4.90 Å². The number of anilines is 1. The predicted octanol–water partition coefficient (Wildman–Crippen LogP) is 9.92. The van der Waals surface area contributed by atoms with Crippen molar-refractivity contribution >= 4 is 23.3 Å². The van der Waals surface area contributed by atoms with Gasteiger partial charge in [-0.2, -0.15) is 0 Å². The average Bonchev–Trinajstić information content (AvgIpc) is 3.10. The van der Waals surface area contributed by atoms with Crippen molar-refractivity contribution in [3.8, 4) is 0 Å². The molecular formula is C47H72N2O5. The van der Waals surface area contributed by atoms with E-state index in [0.29, 0.717) is 12.3 Å². The van der Waals surface area contributed by atoms with E-state index < -0.39 is 11.4 Å². The molecule has 1 amide bonds. The summed E-state index contributed by atoms with van der Waals surface area (Å²) in [6.07, 6.45) is 14.4. The highest BCUT2D eigenvalue weighted by atomic mass is 16.4. The molecule has 1 aromatic rings. The number of allylic oxidation sites excluding steroid dienone is 2. The highest BCUT2D eigenvalue weighted by Crippen LogP contribution is 2.75. The second-order valence-corrected chi connectivity index (χ2v) is 20.7. The molecule has 10 atom stereocenters. The fraction of sp³-hybridized carbons (Fsp3) is 0.766. The maximum absolute atomic E-state index is 14.2. The fourth-order valence-corrected chi connectivity index (χ4v) is 13.4. The number of nitrogens with one attached hydrogen (secondary N) is 1. The topological polar surface area (TPSA) is 107 Å². The molecule has 0 unspecified atom stereocenters. The summed E-state index contributed by atoms with van der Waals surface area (Å²) in [5.74, 6) is 0.223. The number of aliphatic hydroxyl groups is 1. The van der Waals surface area contributed by atoms with Crippen LogP contribution in [0.15, 0.2) is 29.8 Å². The van der Waals surface area contributed by atoms with E-state index >= 15 is 0 Å². The Bertz CT molecular complexity index is 1640. The lowest BCUT2D eigenvalue weighted by Gasteiger charge is -2.70. The highest BCUT2D eigenvalue weighted by Gasteiger charge is 2.70. The van der Waals surface area contributed by atoms with Crippen LogP contribution in [0.1, 0.15) is 150 Å². The van der Waals surface area contributed by atoms with Crippen molar-refractivity contribution in [2.45, 2.75) is 165 Å². The Balaban J connectivity index is 0.000000212. The molecule has 54 heavy (non-hydrogen) atoms. The molecule has 0 bridgehead atoms. The van der Waals surface area contributed by atoms with Gasteiger partial charge in [0.1, 0.15) is 0 Å². The van der Waals surface area contributed by atoms with Gasteiger partial charge >= 0.3 is 5.97 Å². The van der Waals surface area contributed by atoms with Crippen LogP contribution in [0.4, 0.5) is 5.69 Å². The quantitative estimate of drug-likeness (QED) is 0.277. The number of hydrogen-bond acceptors (Lipinski definition) is 5. The number of rotatable bonds is 5. The minimum absolute atomic E-state index is 0.0296. The second-order valence-electron chi connectivity index (χ2n) is 20.7. The number of benzene rings is 1. The van der Waals surface area contributed by atoms with Crippen LogP contribution in [0.5, 0.6) is 0 Å². The Morgan fingerprint density at radius 2 is 1.56 bits per heavy atom. The third-order valence-corrected chi connectivity index (χ3v) is 17.2. The molecule has 6 aliphatic rings. The lowest BCUT2D eigenvalue weighted by molar-refractivity contribution is -0.202. The number of aryl methyl sites for hydroxylation is 2. The number of aliphatic hydroxyl groups excluding tert-OH is 1. The zero-order valence-electron chi connectivity index (χ0n) is 35.4. The van der Waals surface area contributed by atoms with Gasteiger partial charge < -0.3 is 15.5 Å². The van der Waals surface area contributed by atoms with Crippen molar-refractivity contribution < 1.29 is 24.6 Å². The number of carboxylic acids is 1. The molecular weight excluding hydrogens is 673 g/mol. The largest absolute Gasteiger partial charge is 0.481 e. The number of amides is 1. The molecule has 1 aromatic carbocycles. The summed E-state index contributed by atoms with van der Waals surface area (Å²) in [6, 6.07) is 6.17. The SMILES string of the molecule is CC1(C)[C@@H](O)CC[C@]2(C)[C@H]3C(=O)C=C4[C@@H]5C[C@@](C)(C(=O)O)CC[C@]5(C)CC[C@@]4(C)[C@]3(C)CC[C@@H]12.CCCN1CCCC[C@H]1C(=O)Nc1c(C)cccc1C. The van der Waals surface area contributed by atoms with Gasteiger partial charge in [0, 0.05) is 11.6 Å². The Kier molecular flexibility index (Phi) is 11.0. The summed E-state index contributed by atoms with van der Waals surface area (Å²) in [4.78, 5) is 41.4. The van der Waals surface area contributed by atoms with Crippen molar-refractivity contribution in [3.63, 3.8) is 0 Å². The average molecular weight is 745 g/mol. The van der Waals surface area contributed by atoms with Gasteiger partial charge in [-0.15, -0.1) is 0 Å². The van der Waals surface area contributed by atoms with Crippen molar-refractivity contribution in [2.24, 2.45) is 50.2 Å². The Labute approximate surface area is 326 Å². The number of ketones is 1. The van der Waals surface area contributed by atoms with Crippen LogP contribution >= 0.6 is 0 Å². The lowest BCUT2D eigenvalue weighted by atomic mass is 9.33. The number of hydrogen-bond donors (Lipinski definition) is 3. The Morgan fingerprint density at radius 3 is 2.20 bits per heavy atom. The highest BCUT2D eigenvalue weighted by molar-refractivity contribution is 5.96. The molecule has 1 saturated heterocycles. The number of fused-ring (bicyclic) bond motifs is 7. The summed E-state index contributed by atoms with van der Waals surface area (Å²) < 4.78 is 0. The summed E-state index contributed by atoms with van der Waals surface area (Å²) in [5, 5.41) is 24.1. The molecule has 3 N–H and O–H groups in total. The van der Waals surface area contributed by atoms with Gasteiger partial charge in [-0.3, -0.25) is 19.3 Å². The van der Waals surface area contributed by atoms with Crippen LogP contribution in [-0.4, -0.2) is 58.0 Å². The van der Waals surface area contributed by atoms with E-state index in [1.165, 1.54) is 12.0 Å². The molecule has 7 nitrogen and oxygen atoms in total. The van der Waals surface area contributed by atoms with Crippen molar-refractivity contribution in [3.05, 3.63) is 41.0 Å². The third kappa shape index (κ3) is 6.53. The van der Waals surface area contributed by atoms with Crippen molar-refractivity contribution in [1.29, 1.82) is 0 Å². The number of nitrogens with zero attached hydrogens (tertiary/aromatic N) is 1. The number of likely N-dealkylation sites (tertiary alicyclic amines) is 1. The molecule has 1 heterocycles. The van der Waals surface area contributed by atoms with Gasteiger partial charge in [-0.1, -0.05) is 78.7 Å². The van der Waals surface area contributed by atoms with E-state index in [1.807, 2.05) is 45.0 Å². The van der Waals surface area contributed by atoms with Crippen LogP contribution in [0.25, 0.3) is 0 Å². The first kappa shape index (κ1) is 41.1. The monoisotopic (exact) mass is 745 g/mol. The van der Waals surface area contributed by atoms with Crippen LogP contribution < -0.4 is 5.32 Å². The normalized spacial score (nSPS) is 41.4. The van der Waals surface area contributed by atoms with E-state index in [2.05, 4.69) is 58.7 Å². The first-order valence-corrected chi connectivity index (χ1v) is 21.5. The number of para-hydroxylation sites is 1. The lowest BCUT2D eigenvalue weighted by Crippen LogP contribution is -2.66. The van der Waals surface area contributed by atoms with Crippen LogP contribution in [0.3, 0.4) is 0 Å². The first-order chi connectivity index (χ1) is 25.2. The van der Waals surface area contributed by atoms with E-state index in [1.54, 1.807) is 0 Å². The summed E-state index contributed by atoms with van der Waals surface area (Å²) in [6.45, 7) is 24.2. The molecule has 7 heteroatoms. The molecule has 300 valence electrons. The van der Waals surface area contributed by atoms with Gasteiger partial charge in [-0.25, -0.2) is 0 Å². The van der Waals surface area contributed by atoms with Crippen LogP contribution in [0, 0.1) is 64.1 Å². The zero-order chi connectivity index (χ0) is 39.6. The van der Waals surface area contributed by atoms with Gasteiger partial charge in [0.25, 0.3) is 0 Å². The number of carbonyl (C=O) groups is 3. The number of aliphatic carboxylic acids is 1. The third-order valence-electron chi connectivity index (χ3n) is 17.2. The summed E-state index contributed by atoms with van der Waals surface area (Å²) in [5.41, 5.74) is 3.40. The van der Waals surface area contributed by atoms with Crippen LogP contribution in [0.2, 0.25) is 0 Å². The van der Waals surface area contributed by atoms with E-state index in [9.17, 15) is 24.6 Å². The zero-order valence-corrected chi connectivity index (χ0v) is 35.4. The maximum atomic E-state index is 14.2. The molecule has 7 rings (SSSR count). The summed E-state index contributed by atoms with van der Waals surface area (Å²) in [7, 11) is 0. The molecule has 5 aliphatic carbocycles. The minimum atomic E-state index is -0.711. The van der Waals surface area contributed by atoms with E-state index in [-0.39, 0.29) is 62.7 Å².